The van der Waals surface area contributed by atoms with Gasteiger partial charge in [0.25, 0.3) is 0 Å². The van der Waals surface area contributed by atoms with Crippen LogP contribution in [0.15, 0.2) is 30.7 Å². The smallest absolute Gasteiger partial charge is 0.0589 e. The van der Waals surface area contributed by atoms with E-state index in [-0.39, 0.29) is 6.04 Å². The zero-order valence-electron chi connectivity index (χ0n) is 9.89. The van der Waals surface area contributed by atoms with Crippen molar-refractivity contribution < 1.29 is 0 Å². The second kappa shape index (κ2) is 5.29. The summed E-state index contributed by atoms with van der Waals surface area (Å²) in [6, 6.07) is 3.98. The third-order valence-electron chi connectivity index (χ3n) is 2.65. The Labute approximate surface area is 106 Å². The number of likely N-dealkylation sites (N-methyl/N-ethyl adjacent to an activating group) is 1. The van der Waals surface area contributed by atoms with Crippen LogP contribution in [0.25, 0.3) is 0 Å². The van der Waals surface area contributed by atoms with Crippen LogP contribution in [0.5, 0.6) is 0 Å². The first kappa shape index (κ1) is 12.1. The number of hydrogen-bond donors (Lipinski definition) is 1. The van der Waals surface area contributed by atoms with Crippen molar-refractivity contribution in [2.75, 3.05) is 7.05 Å². The van der Waals surface area contributed by atoms with Gasteiger partial charge in [0, 0.05) is 19.4 Å². The van der Waals surface area contributed by atoms with Gasteiger partial charge in [0.15, 0.2) is 0 Å². The standard InChI is InChI=1S/C12H15ClN4/c1-14-12(5-9-6-16-17(2)8-9)11-4-3-10(13)7-15-11/h3-4,6-8,12,14H,5H2,1-2H3. The summed E-state index contributed by atoms with van der Waals surface area (Å²) in [5, 5.41) is 8.07. The van der Waals surface area contributed by atoms with Crippen LogP contribution in [-0.2, 0) is 13.5 Å². The van der Waals surface area contributed by atoms with Crippen molar-refractivity contribution in [1.29, 1.82) is 0 Å². The quantitative estimate of drug-likeness (QED) is 0.902. The average molecular weight is 251 g/mol. The minimum Gasteiger partial charge on any atom is -0.311 e. The molecule has 0 saturated heterocycles. The highest BCUT2D eigenvalue weighted by atomic mass is 35.5. The van der Waals surface area contributed by atoms with Crippen molar-refractivity contribution in [3.63, 3.8) is 0 Å². The van der Waals surface area contributed by atoms with Gasteiger partial charge in [0.1, 0.15) is 0 Å². The molecule has 2 aromatic heterocycles. The maximum atomic E-state index is 5.83. The Morgan fingerprint density at radius 2 is 2.24 bits per heavy atom. The van der Waals surface area contributed by atoms with E-state index in [1.165, 1.54) is 5.56 Å². The first-order valence-corrected chi connectivity index (χ1v) is 5.83. The van der Waals surface area contributed by atoms with Crippen molar-refractivity contribution in [3.05, 3.63) is 47.0 Å². The van der Waals surface area contributed by atoms with E-state index in [2.05, 4.69) is 15.4 Å². The van der Waals surface area contributed by atoms with Gasteiger partial charge in [-0.1, -0.05) is 11.6 Å². The minimum atomic E-state index is 0.177. The number of nitrogens with one attached hydrogen (secondary N) is 1. The zero-order valence-corrected chi connectivity index (χ0v) is 10.6. The maximum absolute atomic E-state index is 5.83. The van der Waals surface area contributed by atoms with Gasteiger partial charge in [0.2, 0.25) is 0 Å². The summed E-state index contributed by atoms with van der Waals surface area (Å²) in [7, 11) is 3.84. The van der Waals surface area contributed by atoms with Gasteiger partial charge >= 0.3 is 0 Å². The Balaban J connectivity index is 2.13. The minimum absolute atomic E-state index is 0.177. The molecule has 2 rings (SSSR count). The Hall–Kier alpha value is -1.39. The second-order valence-corrected chi connectivity index (χ2v) is 4.41. The molecule has 0 fully saturated rings. The van der Waals surface area contributed by atoms with Gasteiger partial charge in [-0.2, -0.15) is 5.10 Å². The SMILES string of the molecule is CNC(Cc1cnn(C)c1)c1ccc(Cl)cn1. The monoisotopic (exact) mass is 250 g/mol. The van der Waals surface area contributed by atoms with Crippen molar-refractivity contribution in [3.8, 4) is 0 Å². The molecule has 1 N–H and O–H groups in total. The number of aromatic nitrogens is 3. The van der Waals surface area contributed by atoms with Gasteiger partial charge in [0.05, 0.1) is 23.0 Å². The van der Waals surface area contributed by atoms with Gasteiger partial charge in [-0.05, 0) is 31.2 Å². The topological polar surface area (TPSA) is 42.7 Å². The highest BCUT2D eigenvalue weighted by Crippen LogP contribution is 2.17. The second-order valence-electron chi connectivity index (χ2n) is 3.97. The lowest BCUT2D eigenvalue weighted by molar-refractivity contribution is 0.575. The highest BCUT2D eigenvalue weighted by molar-refractivity contribution is 6.30. The van der Waals surface area contributed by atoms with E-state index in [1.807, 2.05) is 38.6 Å². The van der Waals surface area contributed by atoms with Crippen LogP contribution in [0.2, 0.25) is 5.02 Å². The Morgan fingerprint density at radius 3 is 2.76 bits per heavy atom. The van der Waals surface area contributed by atoms with E-state index in [9.17, 15) is 0 Å². The molecular weight excluding hydrogens is 236 g/mol. The summed E-state index contributed by atoms with van der Waals surface area (Å²) in [5.74, 6) is 0. The van der Waals surface area contributed by atoms with E-state index in [4.69, 9.17) is 11.6 Å². The van der Waals surface area contributed by atoms with Crippen LogP contribution in [0.1, 0.15) is 17.3 Å². The number of halogens is 1. The fraction of sp³-hybridized carbons (Fsp3) is 0.333. The molecule has 0 spiro atoms. The lowest BCUT2D eigenvalue weighted by atomic mass is 10.1. The number of rotatable bonds is 4. The molecule has 90 valence electrons. The van der Waals surface area contributed by atoms with E-state index in [0.717, 1.165) is 12.1 Å². The fourth-order valence-corrected chi connectivity index (χ4v) is 1.87. The summed E-state index contributed by atoms with van der Waals surface area (Å²) in [4.78, 5) is 4.33. The van der Waals surface area contributed by atoms with Crippen LogP contribution in [0, 0.1) is 0 Å². The molecule has 0 aromatic carbocycles. The van der Waals surface area contributed by atoms with Gasteiger partial charge in [-0.3, -0.25) is 9.67 Å². The van der Waals surface area contributed by atoms with Crippen LogP contribution in [0.4, 0.5) is 0 Å². The lowest BCUT2D eigenvalue weighted by Gasteiger charge is -2.14. The predicted molar refractivity (Wildman–Crippen MR) is 68.0 cm³/mol. The molecule has 1 unspecified atom stereocenters. The average Bonchev–Trinajstić information content (AvgIpc) is 2.73. The molecule has 2 heterocycles. The molecule has 2 aromatic rings. The fourth-order valence-electron chi connectivity index (χ4n) is 1.76. The number of aryl methyl sites for hydroxylation is 1. The lowest BCUT2D eigenvalue weighted by Crippen LogP contribution is -2.19. The summed E-state index contributed by atoms with van der Waals surface area (Å²) in [6.07, 6.45) is 6.42. The zero-order chi connectivity index (χ0) is 12.3. The molecule has 0 amide bonds. The van der Waals surface area contributed by atoms with Gasteiger partial charge in [-0.15, -0.1) is 0 Å². The summed E-state index contributed by atoms with van der Waals surface area (Å²) < 4.78 is 1.80. The Morgan fingerprint density at radius 1 is 1.41 bits per heavy atom. The Bertz CT molecular complexity index is 478. The molecule has 0 aliphatic rings. The molecule has 0 radical (unpaired) electrons. The molecular formula is C12H15ClN4. The first-order valence-electron chi connectivity index (χ1n) is 5.45. The molecule has 5 heteroatoms. The Kier molecular flexibility index (Phi) is 3.76. The maximum Gasteiger partial charge on any atom is 0.0589 e. The molecule has 0 saturated carbocycles. The van der Waals surface area contributed by atoms with Gasteiger partial charge in [-0.25, -0.2) is 0 Å². The van der Waals surface area contributed by atoms with Crippen molar-refractivity contribution >= 4 is 11.6 Å². The molecule has 0 aliphatic heterocycles. The number of nitrogens with zero attached hydrogens (tertiary/aromatic N) is 3. The van der Waals surface area contributed by atoms with Crippen LogP contribution >= 0.6 is 11.6 Å². The number of pyridine rings is 1. The molecule has 0 aliphatic carbocycles. The van der Waals surface area contributed by atoms with E-state index in [1.54, 1.807) is 10.9 Å². The molecule has 17 heavy (non-hydrogen) atoms. The number of hydrogen-bond acceptors (Lipinski definition) is 3. The van der Waals surface area contributed by atoms with Gasteiger partial charge < -0.3 is 5.32 Å². The van der Waals surface area contributed by atoms with Crippen molar-refractivity contribution in [1.82, 2.24) is 20.1 Å². The van der Waals surface area contributed by atoms with E-state index >= 15 is 0 Å². The van der Waals surface area contributed by atoms with Crippen molar-refractivity contribution in [2.45, 2.75) is 12.5 Å². The summed E-state index contributed by atoms with van der Waals surface area (Å²) in [5.41, 5.74) is 2.17. The van der Waals surface area contributed by atoms with Crippen LogP contribution < -0.4 is 5.32 Å². The summed E-state index contributed by atoms with van der Waals surface area (Å²) in [6.45, 7) is 0. The van der Waals surface area contributed by atoms with Crippen LogP contribution in [-0.4, -0.2) is 21.8 Å². The third-order valence-corrected chi connectivity index (χ3v) is 2.88. The van der Waals surface area contributed by atoms with Crippen molar-refractivity contribution in [2.24, 2.45) is 7.05 Å². The molecule has 4 nitrogen and oxygen atoms in total. The first-order chi connectivity index (χ1) is 8.19. The predicted octanol–water partition coefficient (Wildman–Crippen LogP) is 1.97. The third kappa shape index (κ3) is 3.05. The van der Waals surface area contributed by atoms with E-state index in [0.29, 0.717) is 5.02 Å². The van der Waals surface area contributed by atoms with Crippen LogP contribution in [0.3, 0.4) is 0 Å². The largest absolute Gasteiger partial charge is 0.311 e. The summed E-state index contributed by atoms with van der Waals surface area (Å²) >= 11 is 5.83. The highest BCUT2D eigenvalue weighted by Gasteiger charge is 2.12. The van der Waals surface area contributed by atoms with E-state index < -0.39 is 0 Å². The molecule has 1 atom stereocenters. The molecule has 0 bridgehead atoms. The normalized spacial score (nSPS) is 12.6.